The number of allylic oxidation sites excluding steroid dienone is 2. The fraction of sp³-hybridized carbons (Fsp3) is 0.638. The van der Waals surface area contributed by atoms with E-state index in [1.807, 2.05) is 5.57 Å². The number of rotatable bonds is 9. The second-order valence-electron chi connectivity index (χ2n) is 18.8. The molecule has 282 valence electrons. The summed E-state index contributed by atoms with van der Waals surface area (Å²) in [5, 5.41) is 13.5. The van der Waals surface area contributed by atoms with Gasteiger partial charge < -0.3 is 19.9 Å². The fourth-order valence-corrected chi connectivity index (χ4v) is 13.6. The third kappa shape index (κ3) is 5.54. The van der Waals surface area contributed by atoms with Gasteiger partial charge in [0.15, 0.2) is 0 Å². The van der Waals surface area contributed by atoms with Crippen molar-refractivity contribution in [3.8, 4) is 11.1 Å². The number of alkyl carbamates (subject to hydrolysis) is 1. The summed E-state index contributed by atoms with van der Waals surface area (Å²) >= 11 is 0. The first-order valence-corrected chi connectivity index (χ1v) is 21.4. The number of ether oxygens (including phenoxy) is 2. The molecular weight excluding hydrogens is 657 g/mol. The number of benzene rings is 2. The van der Waals surface area contributed by atoms with E-state index in [9.17, 15) is 9.90 Å². The molecule has 2 unspecified atom stereocenters. The molecule has 53 heavy (non-hydrogen) atoms. The van der Waals surface area contributed by atoms with Gasteiger partial charge in [-0.1, -0.05) is 92.4 Å². The first-order valence-electron chi connectivity index (χ1n) is 21.4. The third-order valence-electron chi connectivity index (χ3n) is 16.1. The maximum atomic E-state index is 12.7. The summed E-state index contributed by atoms with van der Waals surface area (Å²) in [6.07, 6.45) is 17.6. The maximum Gasteiger partial charge on any atom is 0.407 e. The van der Waals surface area contributed by atoms with Gasteiger partial charge in [-0.3, -0.25) is 4.90 Å². The highest BCUT2D eigenvalue weighted by Crippen LogP contribution is 2.69. The molecule has 2 aromatic carbocycles. The van der Waals surface area contributed by atoms with Gasteiger partial charge in [0.1, 0.15) is 6.61 Å². The summed E-state index contributed by atoms with van der Waals surface area (Å²) in [6.45, 7) is 8.38. The van der Waals surface area contributed by atoms with Gasteiger partial charge in [-0.2, -0.15) is 0 Å². The third-order valence-corrected chi connectivity index (χ3v) is 16.1. The fourth-order valence-electron chi connectivity index (χ4n) is 13.6. The topological polar surface area (TPSA) is 71.0 Å². The summed E-state index contributed by atoms with van der Waals surface area (Å²) in [6, 6.07) is 17.5. The van der Waals surface area contributed by atoms with Crippen molar-refractivity contribution in [1.82, 2.24) is 10.2 Å². The number of aliphatic hydroxyl groups excluding tert-OH is 1. The van der Waals surface area contributed by atoms with Crippen molar-refractivity contribution in [2.45, 2.75) is 127 Å². The van der Waals surface area contributed by atoms with Crippen LogP contribution < -0.4 is 5.32 Å². The van der Waals surface area contributed by atoms with Crippen LogP contribution in [0.1, 0.15) is 114 Å². The molecular formula is C47H60N2O4. The molecule has 6 nitrogen and oxygen atoms in total. The number of hydrogen-bond acceptors (Lipinski definition) is 5. The quantitative estimate of drug-likeness (QED) is 0.200. The molecule has 6 aliphatic carbocycles. The average Bonchev–Trinajstić information content (AvgIpc) is 3.75. The number of likely N-dealkylation sites (tertiary alicyclic amines) is 1. The molecule has 2 aliphatic heterocycles. The smallest absolute Gasteiger partial charge is 0.407 e. The molecule has 3 saturated carbocycles. The van der Waals surface area contributed by atoms with Crippen LogP contribution in [0.5, 0.6) is 0 Å². The second-order valence-corrected chi connectivity index (χ2v) is 18.8. The van der Waals surface area contributed by atoms with Crippen molar-refractivity contribution < 1.29 is 19.4 Å². The van der Waals surface area contributed by atoms with E-state index in [0.717, 1.165) is 49.9 Å². The van der Waals surface area contributed by atoms with E-state index in [2.05, 4.69) is 78.7 Å². The highest BCUT2D eigenvalue weighted by molar-refractivity contribution is 5.79. The van der Waals surface area contributed by atoms with Crippen molar-refractivity contribution in [2.24, 2.45) is 35.0 Å². The zero-order valence-corrected chi connectivity index (χ0v) is 32.0. The van der Waals surface area contributed by atoms with Crippen molar-refractivity contribution in [3.05, 3.63) is 82.5 Å². The molecule has 2 aromatic rings. The molecule has 10 atom stereocenters. The van der Waals surface area contributed by atoms with Crippen molar-refractivity contribution >= 4 is 6.09 Å². The van der Waals surface area contributed by atoms with E-state index in [-0.39, 0.29) is 29.1 Å². The predicted molar refractivity (Wildman–Crippen MR) is 208 cm³/mol. The zero-order chi connectivity index (χ0) is 35.9. The van der Waals surface area contributed by atoms with Crippen LogP contribution in [0.15, 0.2) is 71.3 Å². The van der Waals surface area contributed by atoms with Crippen LogP contribution in [0.25, 0.3) is 11.1 Å². The van der Waals surface area contributed by atoms with Crippen LogP contribution in [0.2, 0.25) is 0 Å². The number of carbonyl (C=O) groups excluding carboxylic acids is 1. The first kappa shape index (κ1) is 34.6. The van der Waals surface area contributed by atoms with Crippen molar-refractivity contribution in [3.63, 3.8) is 0 Å². The Balaban J connectivity index is 0.704. The standard InChI is InChI=1S/C47H60N2O4/c1-29-23-43-44(42-26-41-38-25-40-37(36(38)18-20-47(41,42)53-43)16-15-30-24-31(50)17-19-46(30,40)2)49(27-29)22-10-4-3-9-21-48-45(51)52-28-39-34-13-7-5-11-32(34)33-12-6-8-14-35(33)39/h5-8,11-15,29,31,36-37,39-40,42-44,50H,3-4,9-10,16-28H2,1-2H3,(H,48,51)/t29-,31-,36-,37-,40-,42+,43?,44?,46-,47-/m0/s1. The molecule has 2 saturated heterocycles. The molecule has 6 heteroatoms. The maximum absolute atomic E-state index is 12.7. The van der Waals surface area contributed by atoms with Gasteiger partial charge in [0.05, 0.1) is 17.8 Å². The highest BCUT2D eigenvalue weighted by Gasteiger charge is 2.68. The Kier molecular flexibility index (Phi) is 8.72. The molecule has 8 aliphatic rings. The Morgan fingerprint density at radius 3 is 2.55 bits per heavy atom. The summed E-state index contributed by atoms with van der Waals surface area (Å²) in [4.78, 5) is 15.5. The summed E-state index contributed by atoms with van der Waals surface area (Å²) in [5.74, 6) is 3.76. The van der Waals surface area contributed by atoms with E-state index >= 15 is 0 Å². The molecule has 0 bridgehead atoms. The predicted octanol–water partition coefficient (Wildman–Crippen LogP) is 9.18. The van der Waals surface area contributed by atoms with Crippen LogP contribution in [-0.2, 0) is 9.47 Å². The lowest BCUT2D eigenvalue weighted by molar-refractivity contribution is -0.0846. The number of fused-ring (bicyclic) bond motifs is 10. The largest absolute Gasteiger partial charge is 0.449 e. The number of piperidine rings is 1. The Morgan fingerprint density at radius 2 is 1.74 bits per heavy atom. The van der Waals surface area contributed by atoms with E-state index in [1.165, 1.54) is 86.7 Å². The van der Waals surface area contributed by atoms with Crippen LogP contribution in [0, 0.1) is 35.0 Å². The minimum Gasteiger partial charge on any atom is -0.449 e. The molecule has 2 heterocycles. The van der Waals surface area contributed by atoms with Crippen LogP contribution in [0.3, 0.4) is 0 Å². The van der Waals surface area contributed by atoms with Crippen molar-refractivity contribution in [2.75, 3.05) is 26.2 Å². The average molecular weight is 717 g/mol. The van der Waals surface area contributed by atoms with Gasteiger partial charge in [0.2, 0.25) is 0 Å². The van der Waals surface area contributed by atoms with E-state index in [4.69, 9.17) is 9.47 Å². The number of aliphatic hydroxyl groups is 1. The van der Waals surface area contributed by atoms with E-state index in [1.54, 1.807) is 11.1 Å². The first-order chi connectivity index (χ1) is 25.8. The SMILES string of the molecule is C[C@H]1CC2O[C@@]34CC[C@@H]5C(=C3C[C@@H]4C2N(CCCCCCNC(=O)OCC2c3ccccc3-c3ccccc32)C1)C[C@H]1[C@H]5CC=C2C[C@@H](O)CC[C@@]21C. The van der Waals surface area contributed by atoms with E-state index < -0.39 is 0 Å². The van der Waals surface area contributed by atoms with Gasteiger partial charge in [0.25, 0.3) is 0 Å². The molecule has 2 N–H and O–H groups in total. The Labute approximate surface area is 316 Å². The van der Waals surface area contributed by atoms with Crippen LogP contribution >= 0.6 is 0 Å². The normalized spacial score (nSPS) is 37.9. The van der Waals surface area contributed by atoms with Crippen LogP contribution in [-0.4, -0.2) is 66.2 Å². The molecule has 0 aromatic heterocycles. The molecule has 10 rings (SSSR count). The Morgan fingerprint density at radius 1 is 0.962 bits per heavy atom. The lowest BCUT2D eigenvalue weighted by Crippen LogP contribution is -2.57. The number of unbranched alkanes of at least 4 members (excludes halogenated alkanes) is 3. The zero-order valence-electron chi connectivity index (χ0n) is 32.0. The summed E-state index contributed by atoms with van der Waals surface area (Å²) in [7, 11) is 0. The molecule has 1 spiro atoms. The Bertz CT molecular complexity index is 1770. The van der Waals surface area contributed by atoms with Gasteiger partial charge in [-0.05, 0) is 134 Å². The second kappa shape index (κ2) is 13.4. The van der Waals surface area contributed by atoms with Gasteiger partial charge >= 0.3 is 6.09 Å². The molecule has 0 radical (unpaired) electrons. The van der Waals surface area contributed by atoms with Gasteiger partial charge in [-0.25, -0.2) is 4.79 Å². The minimum absolute atomic E-state index is 0.0295. The molecule has 5 fully saturated rings. The van der Waals surface area contributed by atoms with Gasteiger partial charge in [0, 0.05) is 31.0 Å². The Hall–Kier alpha value is -2.93. The van der Waals surface area contributed by atoms with Crippen molar-refractivity contribution in [1.29, 1.82) is 0 Å². The number of amides is 1. The highest BCUT2D eigenvalue weighted by atomic mass is 16.5. The minimum atomic E-state index is -0.306. The van der Waals surface area contributed by atoms with Crippen LogP contribution in [0.4, 0.5) is 4.79 Å². The number of nitrogens with zero attached hydrogens (tertiary/aromatic N) is 1. The number of hydrogen-bond donors (Lipinski definition) is 2. The van der Waals surface area contributed by atoms with E-state index in [0.29, 0.717) is 37.1 Å². The number of nitrogens with one attached hydrogen (secondary N) is 1. The summed E-state index contributed by atoms with van der Waals surface area (Å²) < 4.78 is 13.1. The monoisotopic (exact) mass is 716 g/mol. The number of carbonyl (C=O) groups is 1. The lowest BCUT2D eigenvalue weighted by atomic mass is 9.54. The summed E-state index contributed by atoms with van der Waals surface area (Å²) in [5.41, 5.74) is 10.5. The lowest BCUT2D eigenvalue weighted by Gasteiger charge is -2.54. The molecule has 1 amide bonds. The van der Waals surface area contributed by atoms with Gasteiger partial charge in [-0.15, -0.1) is 0 Å².